The molecule has 0 bridgehead atoms. The summed E-state index contributed by atoms with van der Waals surface area (Å²) in [5.41, 5.74) is -3.75. The van der Waals surface area contributed by atoms with Crippen LogP contribution >= 0.6 is 0 Å². The van der Waals surface area contributed by atoms with Gasteiger partial charge in [-0.1, -0.05) is 34.6 Å². The summed E-state index contributed by atoms with van der Waals surface area (Å²) < 4.78 is 24.4. The van der Waals surface area contributed by atoms with Crippen LogP contribution in [0.5, 0.6) is 0 Å². The van der Waals surface area contributed by atoms with Crippen molar-refractivity contribution in [3.63, 3.8) is 0 Å². The number of rotatable bonds is 5. The molecule has 4 N–H and O–H groups in total. The van der Waals surface area contributed by atoms with E-state index in [9.17, 15) is 25.2 Å². The quantitative estimate of drug-likeness (QED) is 0.340. The molecule has 0 saturated carbocycles. The van der Waals surface area contributed by atoms with Crippen molar-refractivity contribution < 1.29 is 44.2 Å². The number of cyclic esters (lactones) is 1. The van der Waals surface area contributed by atoms with Crippen molar-refractivity contribution in [2.24, 2.45) is 29.6 Å². The number of esters is 1. The van der Waals surface area contributed by atoms with Crippen molar-refractivity contribution in [1.29, 1.82) is 0 Å². The van der Waals surface area contributed by atoms with Crippen molar-refractivity contribution in [2.75, 3.05) is 20.7 Å². The maximum absolute atomic E-state index is 13.9. The second-order valence-corrected chi connectivity index (χ2v) is 14.8. The van der Waals surface area contributed by atoms with Crippen LogP contribution < -0.4 is 0 Å². The van der Waals surface area contributed by atoms with E-state index in [0.717, 1.165) is 0 Å². The second-order valence-electron chi connectivity index (χ2n) is 14.8. The molecule has 2 rings (SSSR count). The first-order valence-corrected chi connectivity index (χ1v) is 16.2. The Morgan fingerprint density at radius 2 is 1.60 bits per heavy atom. The molecule has 0 aromatic heterocycles. The van der Waals surface area contributed by atoms with Gasteiger partial charge in [-0.3, -0.25) is 4.79 Å². The number of nitrogens with zero attached hydrogens (tertiary/aromatic N) is 1. The lowest BCUT2D eigenvalue weighted by atomic mass is 9.67. The van der Waals surface area contributed by atoms with Gasteiger partial charge in [-0.15, -0.1) is 0 Å². The fraction of sp³-hybridized carbons (Fsp3) is 0.970. The van der Waals surface area contributed by atoms with Crippen LogP contribution in [0.4, 0.5) is 0 Å². The molecule has 10 heteroatoms. The molecule has 2 fully saturated rings. The van der Waals surface area contributed by atoms with Crippen molar-refractivity contribution >= 4 is 5.97 Å². The highest BCUT2D eigenvalue weighted by Crippen LogP contribution is 2.42. The van der Waals surface area contributed by atoms with Gasteiger partial charge in [0.1, 0.15) is 23.9 Å². The zero-order valence-corrected chi connectivity index (χ0v) is 29.0. The molecule has 0 aromatic rings. The van der Waals surface area contributed by atoms with Crippen molar-refractivity contribution in [2.45, 2.75) is 155 Å². The summed E-state index contributed by atoms with van der Waals surface area (Å²) in [4.78, 5) is 15.9. The van der Waals surface area contributed by atoms with E-state index in [1.54, 1.807) is 21.0 Å². The maximum Gasteiger partial charge on any atom is 0.311 e. The largest absolute Gasteiger partial charge is 0.459 e. The smallest absolute Gasteiger partial charge is 0.311 e. The highest BCUT2D eigenvalue weighted by atomic mass is 16.7. The molecular formula is C33H63NO9. The number of likely N-dealkylation sites (N-methyl/N-ethyl adjacent to an activating group) is 1. The van der Waals surface area contributed by atoms with Gasteiger partial charge in [0.2, 0.25) is 0 Å². The van der Waals surface area contributed by atoms with Gasteiger partial charge in [-0.25, -0.2) is 0 Å². The van der Waals surface area contributed by atoms with Crippen molar-refractivity contribution in [1.82, 2.24) is 4.90 Å². The van der Waals surface area contributed by atoms with Crippen LogP contribution in [0.25, 0.3) is 0 Å². The van der Waals surface area contributed by atoms with Crippen LogP contribution in [-0.2, 0) is 23.7 Å². The van der Waals surface area contributed by atoms with E-state index in [4.69, 9.17) is 18.9 Å². The molecule has 0 aliphatic carbocycles. The Morgan fingerprint density at radius 3 is 2.12 bits per heavy atom. The van der Waals surface area contributed by atoms with E-state index < -0.39 is 71.5 Å². The highest BCUT2D eigenvalue weighted by Gasteiger charge is 2.51. The Morgan fingerprint density at radius 1 is 1.02 bits per heavy atom. The number of hydrogen-bond donors (Lipinski definition) is 4. The van der Waals surface area contributed by atoms with Gasteiger partial charge < -0.3 is 44.3 Å². The first-order valence-electron chi connectivity index (χ1n) is 16.2. The monoisotopic (exact) mass is 617 g/mol. The Balaban J connectivity index is 2.63. The number of aliphatic hydroxyl groups excluding tert-OH is 2. The first-order chi connectivity index (χ1) is 19.6. The van der Waals surface area contributed by atoms with E-state index in [-0.39, 0.29) is 30.1 Å². The van der Waals surface area contributed by atoms with E-state index in [2.05, 4.69) is 20.8 Å². The lowest BCUT2D eigenvalue weighted by molar-refractivity contribution is -0.299. The van der Waals surface area contributed by atoms with Crippen molar-refractivity contribution in [3.05, 3.63) is 0 Å². The number of hydrogen-bond acceptors (Lipinski definition) is 10. The van der Waals surface area contributed by atoms with E-state index in [1.165, 1.54) is 6.92 Å². The number of methoxy groups -OCH3 is 1. The molecule has 0 radical (unpaired) electrons. The Labute approximate surface area is 260 Å². The molecule has 2 aliphatic heterocycles. The van der Waals surface area contributed by atoms with E-state index >= 15 is 0 Å². The van der Waals surface area contributed by atoms with Gasteiger partial charge >= 0.3 is 5.97 Å². The molecule has 2 aliphatic rings. The van der Waals surface area contributed by atoms with Crippen LogP contribution in [0.3, 0.4) is 0 Å². The van der Waals surface area contributed by atoms with Crippen LogP contribution in [0.2, 0.25) is 0 Å². The maximum atomic E-state index is 13.9. The van der Waals surface area contributed by atoms with Crippen LogP contribution in [0, 0.1) is 29.6 Å². The molecule has 0 spiro atoms. The third kappa shape index (κ3) is 8.50. The fourth-order valence-corrected chi connectivity index (χ4v) is 8.04. The van der Waals surface area contributed by atoms with Crippen LogP contribution in [-0.4, -0.2) is 112 Å². The molecule has 10 nitrogen and oxygen atoms in total. The minimum absolute atomic E-state index is 0.0436. The standard InChI is InChI=1S/C33H63NO9/c1-14-24-33(11,39)28(35)22(7)34(12)17-19(4)15-31(9,38)26(18(2)3)20(5)27(21(6)30(37)42-24)43-25-16-32(10,40-13)29(36)23(8)41-25/h18-29,35-36,38-39H,14-17H2,1-13H3/t19-,20-,21-,22-,23+,24-,25+,26-,27+,28-,29+,31-,32-,33-/m1/s1. The summed E-state index contributed by atoms with van der Waals surface area (Å²) in [7, 11) is 3.44. The van der Waals surface area contributed by atoms with Gasteiger partial charge in [-0.2, -0.15) is 0 Å². The first kappa shape index (κ1) is 38.3. The average Bonchev–Trinajstić information content (AvgIpc) is 2.90. The molecule has 254 valence electrons. The number of carbonyl (C=O) groups excluding carboxylic acids is 1. The van der Waals surface area contributed by atoms with Gasteiger partial charge in [0.05, 0.1) is 29.3 Å². The SMILES string of the molecule is CC[C@H]1OC(=O)[C@H](C)[C@@H](O[C@H]2C[C@@](C)(OC)[C@@H](O)[C@H](C)O2)[C@H](C)[C@@H](C(C)C)[C@](C)(O)C[C@@H](C)CN(C)[C@H](C)[C@@H](O)[C@]1(C)O. The summed E-state index contributed by atoms with van der Waals surface area (Å²) in [5.74, 6) is -1.86. The van der Waals surface area contributed by atoms with Crippen LogP contribution in [0.1, 0.15) is 95.4 Å². The summed E-state index contributed by atoms with van der Waals surface area (Å²) in [5, 5.41) is 45.7. The third-order valence-corrected chi connectivity index (χ3v) is 10.6. The average molecular weight is 618 g/mol. The molecule has 43 heavy (non-hydrogen) atoms. The van der Waals surface area contributed by atoms with Gasteiger partial charge in [-0.05, 0) is 85.1 Å². The summed E-state index contributed by atoms with van der Waals surface area (Å²) in [6.45, 7) is 21.1. The third-order valence-electron chi connectivity index (χ3n) is 10.6. The highest BCUT2D eigenvalue weighted by molar-refractivity contribution is 5.73. The zero-order chi connectivity index (χ0) is 33.2. The summed E-state index contributed by atoms with van der Waals surface area (Å²) in [6.07, 6.45) is -4.11. The van der Waals surface area contributed by atoms with Crippen LogP contribution in [0.15, 0.2) is 0 Å². The minimum Gasteiger partial charge on any atom is -0.459 e. The van der Waals surface area contributed by atoms with E-state index in [0.29, 0.717) is 19.4 Å². The summed E-state index contributed by atoms with van der Waals surface area (Å²) in [6, 6.07) is -0.440. The topological polar surface area (TPSA) is 138 Å². The number of ether oxygens (including phenoxy) is 4. The molecule has 0 amide bonds. The van der Waals surface area contributed by atoms with E-state index in [1.807, 2.05) is 46.6 Å². The Hall–Kier alpha value is -0.850. The molecule has 0 aromatic carbocycles. The summed E-state index contributed by atoms with van der Waals surface area (Å²) >= 11 is 0. The molecule has 2 heterocycles. The van der Waals surface area contributed by atoms with Gasteiger partial charge in [0.25, 0.3) is 0 Å². The van der Waals surface area contributed by atoms with Gasteiger partial charge in [0, 0.05) is 26.1 Å². The molecule has 14 atom stereocenters. The number of carbonyl (C=O) groups is 1. The predicted octanol–water partition coefficient (Wildman–Crippen LogP) is 3.36. The zero-order valence-electron chi connectivity index (χ0n) is 29.0. The fourth-order valence-electron chi connectivity index (χ4n) is 8.04. The second kappa shape index (κ2) is 14.7. The Bertz CT molecular complexity index is 898. The minimum atomic E-state index is -1.71. The normalized spacial score (nSPS) is 48.4. The predicted molar refractivity (Wildman–Crippen MR) is 165 cm³/mol. The number of aliphatic hydroxyl groups is 4. The molecular weight excluding hydrogens is 554 g/mol. The Kier molecular flexibility index (Phi) is 13.1. The van der Waals surface area contributed by atoms with Gasteiger partial charge in [0.15, 0.2) is 6.29 Å². The molecule has 0 unspecified atom stereocenters. The molecule has 2 saturated heterocycles. The van der Waals surface area contributed by atoms with Crippen molar-refractivity contribution in [3.8, 4) is 0 Å². The lowest BCUT2D eigenvalue weighted by Crippen LogP contribution is -2.59. The lowest BCUT2D eigenvalue weighted by Gasteiger charge is -2.48.